The van der Waals surface area contributed by atoms with Crippen LogP contribution in [-0.2, 0) is 21.2 Å². The number of amides is 1. The van der Waals surface area contributed by atoms with Crippen molar-refractivity contribution in [1.29, 1.82) is 0 Å². The second kappa shape index (κ2) is 11.6. The van der Waals surface area contributed by atoms with Gasteiger partial charge >= 0.3 is 0 Å². The highest BCUT2D eigenvalue weighted by Crippen LogP contribution is 2.25. The van der Waals surface area contributed by atoms with Gasteiger partial charge in [-0.05, 0) is 30.2 Å². The fourth-order valence-electron chi connectivity index (χ4n) is 3.84. The van der Waals surface area contributed by atoms with Crippen molar-refractivity contribution in [2.75, 3.05) is 18.9 Å². The van der Waals surface area contributed by atoms with Crippen LogP contribution in [0.3, 0.4) is 0 Å². The molecule has 186 valence electrons. The quantitative estimate of drug-likeness (QED) is 0.322. The third-order valence-corrected chi connectivity index (χ3v) is 8.50. The molecule has 9 heteroatoms. The van der Waals surface area contributed by atoms with Crippen molar-refractivity contribution in [3.05, 3.63) is 107 Å². The van der Waals surface area contributed by atoms with E-state index in [-0.39, 0.29) is 29.7 Å². The minimum absolute atomic E-state index is 0.103. The zero-order valence-corrected chi connectivity index (χ0v) is 21.8. The first-order chi connectivity index (χ1) is 17.3. The minimum Gasteiger partial charge on any atom is -0.301 e. The van der Waals surface area contributed by atoms with E-state index in [4.69, 9.17) is 0 Å². The molecule has 1 amide bonds. The molecule has 1 aromatic heterocycles. The molecule has 0 saturated heterocycles. The SMILES string of the molecule is Cc1ccc(Cc2nnc(NC(=O)C[C@H](CN(C)S(=O)(=O)c3ccccc3)c3ccccc3)s2)cc1. The summed E-state index contributed by atoms with van der Waals surface area (Å²) < 4.78 is 27.4. The van der Waals surface area contributed by atoms with E-state index in [0.717, 1.165) is 16.1 Å². The molecule has 0 bridgehead atoms. The Bertz CT molecular complexity index is 1390. The van der Waals surface area contributed by atoms with Crippen molar-refractivity contribution in [3.8, 4) is 0 Å². The summed E-state index contributed by atoms with van der Waals surface area (Å²) in [5.41, 5.74) is 3.21. The number of carbonyl (C=O) groups excluding carboxylic acids is 1. The molecule has 4 aromatic rings. The molecule has 0 aliphatic heterocycles. The Morgan fingerprint density at radius 1 is 0.944 bits per heavy atom. The minimum atomic E-state index is -3.68. The van der Waals surface area contributed by atoms with E-state index >= 15 is 0 Å². The Balaban J connectivity index is 1.44. The molecule has 36 heavy (non-hydrogen) atoms. The van der Waals surface area contributed by atoms with Crippen LogP contribution < -0.4 is 5.32 Å². The van der Waals surface area contributed by atoms with Crippen molar-refractivity contribution in [3.63, 3.8) is 0 Å². The summed E-state index contributed by atoms with van der Waals surface area (Å²) in [5.74, 6) is -0.581. The van der Waals surface area contributed by atoms with Gasteiger partial charge < -0.3 is 5.32 Å². The van der Waals surface area contributed by atoms with E-state index in [9.17, 15) is 13.2 Å². The van der Waals surface area contributed by atoms with Gasteiger partial charge in [0.2, 0.25) is 21.1 Å². The molecule has 0 aliphatic rings. The molecule has 3 aromatic carbocycles. The number of nitrogens with zero attached hydrogens (tertiary/aromatic N) is 3. The number of nitrogens with one attached hydrogen (secondary N) is 1. The van der Waals surface area contributed by atoms with Gasteiger partial charge in [0.1, 0.15) is 5.01 Å². The van der Waals surface area contributed by atoms with Gasteiger partial charge in [-0.3, -0.25) is 4.79 Å². The Morgan fingerprint density at radius 3 is 2.25 bits per heavy atom. The predicted octanol–water partition coefficient (Wildman–Crippen LogP) is 4.87. The van der Waals surface area contributed by atoms with Gasteiger partial charge in [-0.25, -0.2) is 12.7 Å². The third kappa shape index (κ3) is 6.63. The van der Waals surface area contributed by atoms with Gasteiger partial charge in [0.05, 0.1) is 4.90 Å². The van der Waals surface area contributed by atoms with Crippen molar-refractivity contribution >= 4 is 32.4 Å². The lowest BCUT2D eigenvalue weighted by Crippen LogP contribution is -2.32. The van der Waals surface area contributed by atoms with Crippen LogP contribution in [0.25, 0.3) is 0 Å². The third-order valence-electron chi connectivity index (χ3n) is 5.82. The maximum absolute atomic E-state index is 13.1. The Kier molecular flexibility index (Phi) is 8.25. The lowest BCUT2D eigenvalue weighted by atomic mass is 9.95. The summed E-state index contributed by atoms with van der Waals surface area (Å²) in [5, 5.41) is 12.4. The first-order valence-electron chi connectivity index (χ1n) is 11.6. The molecular formula is C27H28N4O3S2. The first-order valence-corrected chi connectivity index (χ1v) is 13.8. The second-order valence-electron chi connectivity index (χ2n) is 8.62. The standard InChI is InChI=1S/C27H28N4O3S2/c1-20-13-15-21(16-14-20)17-26-29-30-27(35-26)28-25(32)18-23(22-9-5-3-6-10-22)19-31(2)36(33,34)24-11-7-4-8-12-24/h3-16,23H,17-19H2,1-2H3,(H,28,30,32)/t23-/m1/s1. The summed E-state index contributed by atoms with van der Waals surface area (Å²) >= 11 is 1.34. The molecule has 0 radical (unpaired) electrons. The monoisotopic (exact) mass is 520 g/mol. The molecule has 0 spiro atoms. The summed E-state index contributed by atoms with van der Waals surface area (Å²) in [7, 11) is -2.14. The van der Waals surface area contributed by atoms with Crippen molar-refractivity contribution < 1.29 is 13.2 Å². The van der Waals surface area contributed by atoms with Gasteiger partial charge in [-0.2, -0.15) is 0 Å². The number of carbonyl (C=O) groups is 1. The van der Waals surface area contributed by atoms with E-state index in [2.05, 4.69) is 39.8 Å². The van der Waals surface area contributed by atoms with Crippen LogP contribution in [0, 0.1) is 6.92 Å². The fraction of sp³-hybridized carbons (Fsp3) is 0.222. The molecule has 1 N–H and O–H groups in total. The van der Waals surface area contributed by atoms with Crippen LogP contribution in [0.4, 0.5) is 5.13 Å². The van der Waals surface area contributed by atoms with E-state index in [1.807, 2.05) is 37.3 Å². The van der Waals surface area contributed by atoms with Crippen LogP contribution in [0.2, 0.25) is 0 Å². The molecule has 4 rings (SSSR count). The number of aryl methyl sites for hydroxylation is 1. The Labute approximate surface area is 215 Å². The highest BCUT2D eigenvalue weighted by Gasteiger charge is 2.26. The second-order valence-corrected chi connectivity index (χ2v) is 11.7. The summed E-state index contributed by atoms with van der Waals surface area (Å²) in [4.78, 5) is 13.2. The molecule has 0 unspecified atom stereocenters. The van der Waals surface area contributed by atoms with E-state index < -0.39 is 10.0 Å². The van der Waals surface area contributed by atoms with Gasteiger partial charge in [0, 0.05) is 32.4 Å². The number of rotatable bonds is 10. The van der Waals surface area contributed by atoms with Gasteiger partial charge in [0.25, 0.3) is 0 Å². The molecule has 0 saturated carbocycles. The summed E-state index contributed by atoms with van der Waals surface area (Å²) in [6.45, 7) is 2.20. The number of aromatic nitrogens is 2. The number of hydrogen-bond acceptors (Lipinski definition) is 6. The molecular weight excluding hydrogens is 492 g/mol. The zero-order valence-electron chi connectivity index (χ0n) is 20.2. The number of sulfonamides is 1. The van der Waals surface area contributed by atoms with Gasteiger partial charge in [-0.1, -0.05) is 89.7 Å². The van der Waals surface area contributed by atoms with E-state index in [1.165, 1.54) is 28.3 Å². The van der Waals surface area contributed by atoms with Crippen molar-refractivity contribution in [2.24, 2.45) is 0 Å². The predicted molar refractivity (Wildman–Crippen MR) is 143 cm³/mol. The van der Waals surface area contributed by atoms with Gasteiger partial charge in [0.15, 0.2) is 0 Å². The first kappa shape index (κ1) is 25.7. The lowest BCUT2D eigenvalue weighted by molar-refractivity contribution is -0.116. The zero-order chi connectivity index (χ0) is 25.5. The largest absolute Gasteiger partial charge is 0.301 e. The van der Waals surface area contributed by atoms with E-state index in [1.54, 1.807) is 30.3 Å². The number of benzene rings is 3. The average molecular weight is 521 g/mol. The highest BCUT2D eigenvalue weighted by atomic mass is 32.2. The topological polar surface area (TPSA) is 92.3 Å². The van der Waals surface area contributed by atoms with Crippen LogP contribution in [0.15, 0.2) is 89.8 Å². The summed E-state index contributed by atoms with van der Waals surface area (Å²) in [6.07, 6.45) is 0.744. The molecule has 7 nitrogen and oxygen atoms in total. The maximum Gasteiger partial charge on any atom is 0.242 e. The lowest BCUT2D eigenvalue weighted by Gasteiger charge is -2.24. The van der Waals surface area contributed by atoms with Crippen LogP contribution in [0.1, 0.15) is 34.0 Å². The molecule has 0 fully saturated rings. The van der Waals surface area contributed by atoms with Crippen molar-refractivity contribution in [2.45, 2.75) is 30.6 Å². The van der Waals surface area contributed by atoms with E-state index in [0.29, 0.717) is 11.6 Å². The fourth-order valence-corrected chi connectivity index (χ4v) is 5.87. The molecule has 0 aliphatic carbocycles. The molecule has 1 heterocycles. The van der Waals surface area contributed by atoms with Gasteiger partial charge in [-0.15, -0.1) is 10.2 Å². The smallest absolute Gasteiger partial charge is 0.242 e. The summed E-state index contributed by atoms with van der Waals surface area (Å²) in [6, 6.07) is 26.0. The van der Waals surface area contributed by atoms with Crippen LogP contribution in [-0.4, -0.2) is 42.4 Å². The maximum atomic E-state index is 13.1. The average Bonchev–Trinajstić information content (AvgIpc) is 3.32. The molecule has 1 atom stereocenters. The Hall–Kier alpha value is -3.40. The number of likely N-dealkylation sites (N-methyl/N-ethyl adjacent to an activating group) is 1. The number of anilines is 1. The van der Waals surface area contributed by atoms with Crippen LogP contribution >= 0.6 is 11.3 Å². The Morgan fingerprint density at radius 2 is 1.58 bits per heavy atom. The normalized spacial score (nSPS) is 12.4. The van der Waals surface area contributed by atoms with Crippen LogP contribution in [0.5, 0.6) is 0 Å². The highest BCUT2D eigenvalue weighted by molar-refractivity contribution is 7.89. The number of hydrogen-bond donors (Lipinski definition) is 1. The van der Waals surface area contributed by atoms with Crippen molar-refractivity contribution in [1.82, 2.24) is 14.5 Å².